The maximum Gasteiger partial charge on any atom is 0.193 e. The fourth-order valence-corrected chi connectivity index (χ4v) is 4.00. The van der Waals surface area contributed by atoms with Gasteiger partial charge in [-0.1, -0.05) is 19.8 Å². The summed E-state index contributed by atoms with van der Waals surface area (Å²) in [6.45, 7) is 6.14. The molecule has 3 rings (SSSR count). The van der Waals surface area contributed by atoms with Crippen LogP contribution < -0.4 is 5.32 Å². The highest BCUT2D eigenvalue weighted by molar-refractivity contribution is 14.0. The summed E-state index contributed by atoms with van der Waals surface area (Å²) in [6.07, 6.45) is 13.7. The lowest BCUT2D eigenvalue weighted by atomic mass is 9.93. The lowest BCUT2D eigenvalue weighted by molar-refractivity contribution is 0.0572. The first kappa shape index (κ1) is 21.5. The van der Waals surface area contributed by atoms with Gasteiger partial charge >= 0.3 is 0 Å². The van der Waals surface area contributed by atoms with Crippen molar-refractivity contribution < 1.29 is 4.74 Å². The van der Waals surface area contributed by atoms with Crippen LogP contribution in [0, 0.1) is 5.92 Å². The Bertz CT molecular complexity index is 530. The van der Waals surface area contributed by atoms with Crippen molar-refractivity contribution in [1.29, 1.82) is 0 Å². The molecule has 1 saturated heterocycles. The molecule has 2 atom stereocenters. The minimum atomic E-state index is 0. The van der Waals surface area contributed by atoms with E-state index in [1.165, 1.54) is 32.1 Å². The highest BCUT2D eigenvalue weighted by Gasteiger charge is 2.28. The Morgan fingerprint density at radius 1 is 1.31 bits per heavy atom. The Hall–Kier alpha value is -0.830. The van der Waals surface area contributed by atoms with Crippen molar-refractivity contribution in [3.8, 4) is 0 Å². The predicted molar refractivity (Wildman–Crippen MR) is 116 cm³/mol. The third kappa shape index (κ3) is 5.84. The van der Waals surface area contributed by atoms with Crippen LogP contribution in [-0.2, 0) is 4.74 Å². The Labute approximate surface area is 174 Å². The molecule has 2 unspecified atom stereocenters. The molecule has 0 amide bonds. The fourth-order valence-electron chi connectivity index (χ4n) is 4.00. The molecule has 0 spiro atoms. The van der Waals surface area contributed by atoms with E-state index in [9.17, 15) is 0 Å². The van der Waals surface area contributed by atoms with E-state index in [0.29, 0.717) is 18.1 Å². The van der Waals surface area contributed by atoms with Crippen LogP contribution in [0.4, 0.5) is 0 Å². The first-order chi connectivity index (χ1) is 12.3. The molecule has 2 aliphatic rings. The highest BCUT2D eigenvalue weighted by Crippen LogP contribution is 2.27. The quantitative estimate of drug-likeness (QED) is 0.297. The van der Waals surface area contributed by atoms with Crippen LogP contribution in [0.3, 0.4) is 0 Å². The molecule has 1 aromatic rings. The number of imidazole rings is 1. The Balaban J connectivity index is 0.00000243. The third-order valence-corrected chi connectivity index (χ3v) is 5.60. The van der Waals surface area contributed by atoms with E-state index in [0.717, 1.165) is 38.6 Å². The molecule has 148 valence electrons. The van der Waals surface area contributed by atoms with E-state index in [-0.39, 0.29) is 24.0 Å². The summed E-state index contributed by atoms with van der Waals surface area (Å²) >= 11 is 0. The van der Waals surface area contributed by atoms with Crippen molar-refractivity contribution in [2.45, 2.75) is 57.6 Å². The molecule has 1 aromatic heterocycles. The average Bonchev–Trinajstić information content (AvgIpc) is 3.32. The molecule has 0 aromatic carbocycles. The molecular weight excluding hydrogens is 441 g/mol. The summed E-state index contributed by atoms with van der Waals surface area (Å²) in [6, 6.07) is 0.459. The molecule has 1 N–H and O–H groups in total. The number of halogens is 1. The average molecular weight is 475 g/mol. The predicted octanol–water partition coefficient (Wildman–Crippen LogP) is 3.31. The van der Waals surface area contributed by atoms with Gasteiger partial charge in [0.2, 0.25) is 0 Å². The van der Waals surface area contributed by atoms with E-state index in [4.69, 9.17) is 4.74 Å². The van der Waals surface area contributed by atoms with Crippen molar-refractivity contribution in [1.82, 2.24) is 19.8 Å². The van der Waals surface area contributed by atoms with Gasteiger partial charge in [0.05, 0.1) is 18.5 Å². The number of hydrogen-bond donors (Lipinski definition) is 1. The molecule has 1 aliphatic carbocycles. The molecule has 1 saturated carbocycles. The number of aliphatic imine (C=N–C) groups is 1. The van der Waals surface area contributed by atoms with E-state index < -0.39 is 0 Å². The number of aromatic nitrogens is 2. The lowest BCUT2D eigenvalue weighted by Crippen LogP contribution is -2.49. The van der Waals surface area contributed by atoms with Gasteiger partial charge in [-0.15, -0.1) is 24.0 Å². The van der Waals surface area contributed by atoms with Gasteiger partial charge < -0.3 is 19.5 Å². The van der Waals surface area contributed by atoms with Crippen LogP contribution in [0.15, 0.2) is 23.7 Å². The second-order valence-electron chi connectivity index (χ2n) is 7.39. The summed E-state index contributed by atoms with van der Waals surface area (Å²) in [4.78, 5) is 11.1. The number of guanidine groups is 1. The lowest BCUT2D eigenvalue weighted by Gasteiger charge is -2.39. The van der Waals surface area contributed by atoms with E-state index >= 15 is 0 Å². The first-order valence-electron chi connectivity index (χ1n) is 9.82. The molecule has 0 radical (unpaired) electrons. The molecule has 6 nitrogen and oxygen atoms in total. The van der Waals surface area contributed by atoms with Gasteiger partial charge in [0.25, 0.3) is 0 Å². The molecule has 1 aliphatic heterocycles. The van der Waals surface area contributed by atoms with Crippen molar-refractivity contribution in [3.63, 3.8) is 0 Å². The summed E-state index contributed by atoms with van der Waals surface area (Å²) in [5.74, 6) is 1.67. The molecule has 2 heterocycles. The van der Waals surface area contributed by atoms with E-state index in [2.05, 4.69) is 37.9 Å². The van der Waals surface area contributed by atoms with Crippen LogP contribution in [-0.4, -0.2) is 59.8 Å². The van der Waals surface area contributed by atoms with Gasteiger partial charge in [-0.2, -0.15) is 0 Å². The van der Waals surface area contributed by atoms with Crippen LogP contribution in [0.25, 0.3) is 0 Å². The third-order valence-electron chi connectivity index (χ3n) is 5.60. The molecular formula is C19H34IN5O. The van der Waals surface area contributed by atoms with E-state index in [1.807, 2.05) is 19.6 Å². The van der Waals surface area contributed by atoms with Crippen LogP contribution in [0.1, 0.15) is 51.5 Å². The Morgan fingerprint density at radius 2 is 2.12 bits per heavy atom. The maximum absolute atomic E-state index is 5.94. The maximum atomic E-state index is 5.94. The minimum Gasteiger partial charge on any atom is -0.378 e. The number of ether oxygens (including phenoxy) is 1. The van der Waals surface area contributed by atoms with Crippen molar-refractivity contribution in [2.75, 3.05) is 33.3 Å². The molecule has 7 heteroatoms. The summed E-state index contributed by atoms with van der Waals surface area (Å²) in [5.41, 5.74) is 0. The second kappa shape index (κ2) is 11.1. The van der Waals surface area contributed by atoms with Crippen molar-refractivity contribution >= 4 is 29.9 Å². The van der Waals surface area contributed by atoms with Gasteiger partial charge in [0, 0.05) is 45.7 Å². The standard InChI is InChI=1S/C19H33N5O.HI/c1-16-8-11-23(14-18(16)24-12-10-21-15-24)19(20-2)22-9-5-13-25-17-6-3-4-7-17;/h10,12,15-18H,3-9,11,13-14H2,1-2H3,(H,20,22);1H. The SMILES string of the molecule is CN=C(NCCCOC1CCCC1)N1CCC(C)C(n2ccnc2)C1.I. The zero-order valence-corrected chi connectivity index (χ0v) is 18.5. The largest absolute Gasteiger partial charge is 0.378 e. The second-order valence-corrected chi connectivity index (χ2v) is 7.39. The smallest absolute Gasteiger partial charge is 0.193 e. The summed E-state index contributed by atoms with van der Waals surface area (Å²) < 4.78 is 8.18. The minimum absolute atomic E-state index is 0. The van der Waals surface area contributed by atoms with Gasteiger partial charge in [0.1, 0.15) is 0 Å². The number of likely N-dealkylation sites (tertiary alicyclic amines) is 1. The Morgan fingerprint density at radius 3 is 2.81 bits per heavy atom. The van der Waals surface area contributed by atoms with Gasteiger partial charge in [-0.05, 0) is 31.6 Å². The molecule has 0 bridgehead atoms. The highest BCUT2D eigenvalue weighted by atomic mass is 127. The number of nitrogens with one attached hydrogen (secondary N) is 1. The van der Waals surface area contributed by atoms with Crippen LogP contribution in [0.2, 0.25) is 0 Å². The number of hydrogen-bond acceptors (Lipinski definition) is 3. The summed E-state index contributed by atoms with van der Waals surface area (Å²) in [5, 5.41) is 3.52. The summed E-state index contributed by atoms with van der Waals surface area (Å²) in [7, 11) is 1.88. The molecule has 26 heavy (non-hydrogen) atoms. The number of piperidine rings is 1. The topological polar surface area (TPSA) is 54.7 Å². The zero-order chi connectivity index (χ0) is 17.5. The van der Waals surface area contributed by atoms with Crippen LogP contribution >= 0.6 is 24.0 Å². The fraction of sp³-hybridized carbons (Fsp3) is 0.789. The van der Waals surface area contributed by atoms with Gasteiger partial charge in [-0.3, -0.25) is 4.99 Å². The zero-order valence-electron chi connectivity index (χ0n) is 16.1. The van der Waals surface area contributed by atoms with Gasteiger partial charge in [0.15, 0.2) is 5.96 Å². The Kier molecular flexibility index (Phi) is 9.18. The van der Waals surface area contributed by atoms with Crippen molar-refractivity contribution in [2.24, 2.45) is 10.9 Å². The van der Waals surface area contributed by atoms with Gasteiger partial charge in [-0.25, -0.2) is 4.98 Å². The van der Waals surface area contributed by atoms with E-state index in [1.54, 1.807) is 0 Å². The monoisotopic (exact) mass is 475 g/mol. The van der Waals surface area contributed by atoms with Crippen molar-refractivity contribution in [3.05, 3.63) is 18.7 Å². The van der Waals surface area contributed by atoms with Crippen LogP contribution in [0.5, 0.6) is 0 Å². The molecule has 2 fully saturated rings. The number of rotatable bonds is 6. The first-order valence-corrected chi connectivity index (χ1v) is 9.82. The normalized spacial score (nSPS) is 24.5. The number of nitrogens with zero attached hydrogens (tertiary/aromatic N) is 4.